The predicted octanol–water partition coefficient (Wildman–Crippen LogP) is 1.60. The standard InChI is InChI=1S/C3F3N5/c4-3(5,6)2(1-7)8-10-11-9-2. The first kappa shape index (κ1) is 7.59. The van der Waals surface area contributed by atoms with Gasteiger partial charge in [0.15, 0.2) is 0 Å². The smallest absolute Gasteiger partial charge is 0.193 e. The van der Waals surface area contributed by atoms with Crippen molar-refractivity contribution >= 4 is 0 Å². The lowest BCUT2D eigenvalue weighted by molar-refractivity contribution is -0.166. The second kappa shape index (κ2) is 1.98. The number of halogens is 3. The Bertz CT molecular complexity index is 245. The van der Waals surface area contributed by atoms with E-state index in [1.165, 1.54) is 0 Å². The van der Waals surface area contributed by atoms with Crippen LogP contribution in [0.4, 0.5) is 13.2 Å². The molecule has 0 aliphatic carbocycles. The molecule has 0 spiro atoms. The molecule has 0 amide bonds. The molecule has 1 aliphatic rings. The lowest BCUT2D eigenvalue weighted by Crippen LogP contribution is -2.38. The summed E-state index contributed by atoms with van der Waals surface area (Å²) in [7, 11) is 0. The molecule has 0 radical (unpaired) electrons. The molecule has 58 valence electrons. The largest absolute Gasteiger partial charge is 0.452 e. The van der Waals surface area contributed by atoms with E-state index in [2.05, 4.69) is 20.7 Å². The Labute approximate surface area is 58.2 Å². The normalized spacial score (nSPS) is 20.2. The molecule has 0 unspecified atom stereocenters. The summed E-state index contributed by atoms with van der Waals surface area (Å²) in [6, 6.07) is 0.872. The monoisotopic (exact) mass is 163 g/mol. The third-order valence-corrected chi connectivity index (χ3v) is 0.970. The molecule has 0 saturated carbocycles. The summed E-state index contributed by atoms with van der Waals surface area (Å²) in [5.74, 6) is 0. The quantitative estimate of drug-likeness (QED) is 0.534. The highest BCUT2D eigenvalue weighted by atomic mass is 19.4. The molecule has 1 heterocycles. The predicted molar refractivity (Wildman–Crippen MR) is 24.1 cm³/mol. The zero-order valence-electron chi connectivity index (χ0n) is 4.87. The summed E-state index contributed by atoms with van der Waals surface area (Å²) in [5.41, 5.74) is -3.10. The van der Waals surface area contributed by atoms with Gasteiger partial charge in [-0.2, -0.15) is 18.4 Å². The molecule has 1 rings (SSSR count). The van der Waals surface area contributed by atoms with Crippen molar-refractivity contribution in [3.05, 3.63) is 0 Å². The van der Waals surface area contributed by atoms with E-state index in [9.17, 15) is 13.2 Å². The highest BCUT2D eigenvalue weighted by molar-refractivity contribution is 5.10. The van der Waals surface area contributed by atoms with E-state index in [0.717, 1.165) is 6.07 Å². The first-order valence-electron chi connectivity index (χ1n) is 2.34. The molecule has 0 saturated heterocycles. The third-order valence-electron chi connectivity index (χ3n) is 0.970. The van der Waals surface area contributed by atoms with Gasteiger partial charge in [0.25, 0.3) is 0 Å². The summed E-state index contributed by atoms with van der Waals surface area (Å²) in [6.07, 6.45) is -4.86. The van der Waals surface area contributed by atoms with Crippen LogP contribution in [-0.4, -0.2) is 11.8 Å². The van der Waals surface area contributed by atoms with Gasteiger partial charge in [-0.05, 0) is 10.4 Å². The molecule has 5 nitrogen and oxygen atoms in total. The minimum atomic E-state index is -4.86. The van der Waals surface area contributed by atoms with E-state index in [-0.39, 0.29) is 0 Å². The van der Waals surface area contributed by atoms with E-state index in [0.29, 0.717) is 0 Å². The van der Waals surface area contributed by atoms with Gasteiger partial charge in [-0.1, -0.05) is 0 Å². The molecule has 0 atom stereocenters. The van der Waals surface area contributed by atoms with Gasteiger partial charge in [-0.25, -0.2) is 0 Å². The summed E-state index contributed by atoms with van der Waals surface area (Å²) < 4.78 is 35.7. The molecular formula is C3F3N5. The van der Waals surface area contributed by atoms with Crippen LogP contribution >= 0.6 is 0 Å². The summed E-state index contributed by atoms with van der Waals surface area (Å²) >= 11 is 0. The molecule has 1 aliphatic heterocycles. The van der Waals surface area contributed by atoms with E-state index in [4.69, 9.17) is 5.26 Å². The first-order chi connectivity index (χ1) is 5.02. The van der Waals surface area contributed by atoms with Crippen LogP contribution in [0.15, 0.2) is 20.7 Å². The number of rotatable bonds is 0. The Morgan fingerprint density at radius 1 is 1.18 bits per heavy atom. The average molecular weight is 163 g/mol. The van der Waals surface area contributed by atoms with Crippen molar-refractivity contribution in [1.29, 1.82) is 5.26 Å². The molecule has 0 aromatic heterocycles. The van der Waals surface area contributed by atoms with Crippen molar-refractivity contribution in [1.82, 2.24) is 0 Å². The Balaban J connectivity index is 3.07. The van der Waals surface area contributed by atoms with Crippen LogP contribution in [0.3, 0.4) is 0 Å². The number of hydrogen-bond acceptors (Lipinski definition) is 5. The zero-order chi connectivity index (χ0) is 8.54. The van der Waals surface area contributed by atoms with Gasteiger partial charge in [0.05, 0.1) is 0 Å². The van der Waals surface area contributed by atoms with Crippen molar-refractivity contribution < 1.29 is 13.2 Å². The number of hydrogen-bond donors (Lipinski definition) is 0. The molecule has 8 heteroatoms. The van der Waals surface area contributed by atoms with Gasteiger partial charge in [-0.3, -0.25) is 0 Å². The summed E-state index contributed by atoms with van der Waals surface area (Å²) in [6.45, 7) is 0. The van der Waals surface area contributed by atoms with Crippen LogP contribution in [0.5, 0.6) is 0 Å². The molecule has 11 heavy (non-hydrogen) atoms. The van der Waals surface area contributed by atoms with Gasteiger partial charge in [0.1, 0.15) is 6.07 Å². The second-order valence-corrected chi connectivity index (χ2v) is 1.66. The molecule has 0 bridgehead atoms. The Morgan fingerprint density at radius 3 is 1.82 bits per heavy atom. The van der Waals surface area contributed by atoms with Gasteiger partial charge in [0.2, 0.25) is 0 Å². The maximum Gasteiger partial charge on any atom is 0.452 e. The SMILES string of the molecule is N#CC1(C(F)(F)F)N=NN=N1. The van der Waals surface area contributed by atoms with Crippen LogP contribution in [0.1, 0.15) is 0 Å². The first-order valence-corrected chi connectivity index (χ1v) is 2.34. The maximum atomic E-state index is 11.9. The molecular weight excluding hydrogens is 163 g/mol. The third kappa shape index (κ3) is 0.938. The fraction of sp³-hybridized carbons (Fsp3) is 0.667. The molecule has 0 N–H and O–H groups in total. The van der Waals surface area contributed by atoms with E-state index in [1.807, 2.05) is 0 Å². The lowest BCUT2D eigenvalue weighted by Gasteiger charge is -2.13. The van der Waals surface area contributed by atoms with Gasteiger partial charge in [0, 0.05) is 0 Å². The zero-order valence-corrected chi connectivity index (χ0v) is 4.87. The Morgan fingerprint density at radius 2 is 1.64 bits per heavy atom. The van der Waals surface area contributed by atoms with Crippen LogP contribution in [0, 0.1) is 11.3 Å². The number of alkyl halides is 3. The van der Waals surface area contributed by atoms with Crippen molar-refractivity contribution in [3.63, 3.8) is 0 Å². The summed E-state index contributed by atoms with van der Waals surface area (Å²) in [5, 5.41) is 18.4. The minimum absolute atomic E-state index is 0.872. The minimum Gasteiger partial charge on any atom is -0.193 e. The van der Waals surface area contributed by atoms with Gasteiger partial charge >= 0.3 is 11.8 Å². The molecule has 0 aromatic rings. The van der Waals surface area contributed by atoms with Gasteiger partial charge < -0.3 is 0 Å². The lowest BCUT2D eigenvalue weighted by atomic mass is 10.2. The average Bonchev–Trinajstić information content (AvgIpc) is 2.33. The van der Waals surface area contributed by atoms with E-state index < -0.39 is 11.8 Å². The number of nitrogens with zero attached hydrogens (tertiary/aromatic N) is 5. The van der Waals surface area contributed by atoms with Crippen LogP contribution < -0.4 is 0 Å². The van der Waals surface area contributed by atoms with Crippen molar-refractivity contribution in [3.8, 4) is 6.07 Å². The van der Waals surface area contributed by atoms with E-state index in [1.54, 1.807) is 0 Å². The highest BCUT2D eigenvalue weighted by Gasteiger charge is 2.59. The van der Waals surface area contributed by atoms with E-state index >= 15 is 0 Å². The summed E-state index contributed by atoms with van der Waals surface area (Å²) in [4.78, 5) is 0. The molecule has 0 fully saturated rings. The highest BCUT2D eigenvalue weighted by Crippen LogP contribution is 2.37. The second-order valence-electron chi connectivity index (χ2n) is 1.66. The van der Waals surface area contributed by atoms with Crippen molar-refractivity contribution in [2.45, 2.75) is 11.8 Å². The van der Waals surface area contributed by atoms with Crippen molar-refractivity contribution in [2.75, 3.05) is 0 Å². The number of nitriles is 1. The van der Waals surface area contributed by atoms with Crippen LogP contribution in [0.2, 0.25) is 0 Å². The van der Waals surface area contributed by atoms with Crippen molar-refractivity contribution in [2.24, 2.45) is 20.7 Å². The fourth-order valence-electron chi connectivity index (χ4n) is 0.411. The topological polar surface area (TPSA) is 73.2 Å². The van der Waals surface area contributed by atoms with Crippen LogP contribution in [-0.2, 0) is 0 Å². The molecule has 0 aromatic carbocycles. The Kier molecular flexibility index (Phi) is 1.37. The maximum absolute atomic E-state index is 11.9. The van der Waals surface area contributed by atoms with Crippen LogP contribution in [0.25, 0.3) is 0 Å². The van der Waals surface area contributed by atoms with Gasteiger partial charge in [-0.15, -0.1) is 10.2 Å². The fourth-order valence-corrected chi connectivity index (χ4v) is 0.411. The Hall–Kier alpha value is -1.52.